The summed E-state index contributed by atoms with van der Waals surface area (Å²) in [5.74, 6) is -0.844. The number of Topliss-reactive ketones (excluding diaryl/α,β-unsaturated/α-hetero) is 1. The maximum Gasteiger partial charge on any atom is 0.326 e. The number of carboxylic acid groups (broad SMARTS) is 1. The Bertz CT molecular complexity index is 696. The van der Waals surface area contributed by atoms with Crippen molar-refractivity contribution in [3.05, 3.63) is 35.9 Å². The van der Waals surface area contributed by atoms with Gasteiger partial charge in [0, 0.05) is 12.3 Å². The van der Waals surface area contributed by atoms with E-state index >= 15 is 0 Å². The average molecular weight is 408 g/mol. The molecule has 7 heteroatoms. The number of rotatable bonds is 6. The molecule has 0 spiro atoms. The van der Waals surface area contributed by atoms with E-state index in [0.29, 0.717) is 19.3 Å². The van der Waals surface area contributed by atoms with E-state index in [1.165, 1.54) is 0 Å². The number of fused-ring (bicyclic) bond motifs is 1. The highest BCUT2D eigenvalue weighted by Crippen LogP contribution is 2.37. The van der Waals surface area contributed by atoms with E-state index in [-0.39, 0.29) is 23.5 Å². The summed E-state index contributed by atoms with van der Waals surface area (Å²) in [5.41, 5.74) is 1.04. The van der Waals surface area contributed by atoms with Gasteiger partial charge in [-0.15, -0.1) is 11.8 Å². The van der Waals surface area contributed by atoms with E-state index < -0.39 is 23.2 Å². The Hall–Kier alpha value is -1.47. The summed E-state index contributed by atoms with van der Waals surface area (Å²) in [6, 6.07) is 8.92. The van der Waals surface area contributed by atoms with E-state index in [1.807, 2.05) is 30.3 Å². The van der Waals surface area contributed by atoms with E-state index in [1.54, 1.807) is 16.7 Å². The minimum absolute atomic E-state index is 0.0483. The number of hydrogen-bond donors (Lipinski definition) is 2. The second-order valence-electron chi connectivity index (χ2n) is 7.22. The number of carboxylic acids is 1. The van der Waals surface area contributed by atoms with Crippen molar-refractivity contribution < 1.29 is 19.5 Å². The molecule has 0 bridgehead atoms. The zero-order chi connectivity index (χ0) is 19.4. The molecule has 2 unspecified atom stereocenters. The zero-order valence-electron chi connectivity index (χ0n) is 15.1. The summed E-state index contributed by atoms with van der Waals surface area (Å²) in [5, 5.41) is 8.99. The van der Waals surface area contributed by atoms with Crippen LogP contribution >= 0.6 is 24.4 Å². The van der Waals surface area contributed by atoms with Gasteiger partial charge in [-0.1, -0.05) is 30.3 Å². The second kappa shape index (κ2) is 9.15. The van der Waals surface area contributed by atoms with E-state index in [4.69, 9.17) is 0 Å². The van der Waals surface area contributed by atoms with Crippen LogP contribution in [0.3, 0.4) is 0 Å². The Morgan fingerprint density at radius 1 is 1.22 bits per heavy atom. The number of nitrogens with zero attached hydrogens (tertiary/aromatic N) is 1. The lowest BCUT2D eigenvalue weighted by Gasteiger charge is -2.39. The third kappa shape index (κ3) is 4.88. The van der Waals surface area contributed by atoms with Crippen molar-refractivity contribution >= 4 is 42.1 Å². The van der Waals surface area contributed by atoms with Gasteiger partial charge in [-0.2, -0.15) is 12.6 Å². The van der Waals surface area contributed by atoms with Crippen LogP contribution in [0.2, 0.25) is 0 Å². The van der Waals surface area contributed by atoms with Gasteiger partial charge >= 0.3 is 5.97 Å². The highest BCUT2D eigenvalue weighted by atomic mass is 32.2. The number of ketones is 1. The third-order valence-corrected chi connectivity index (χ3v) is 7.12. The molecule has 3 rings (SSSR count). The number of carbonyl (C=O) groups excluding carboxylic acids is 2. The van der Waals surface area contributed by atoms with Gasteiger partial charge in [-0.3, -0.25) is 9.59 Å². The fraction of sp³-hybridized carbons (Fsp3) is 0.550. The molecule has 146 valence electrons. The van der Waals surface area contributed by atoms with Crippen molar-refractivity contribution in [3.8, 4) is 0 Å². The molecule has 2 heterocycles. The molecule has 0 radical (unpaired) electrons. The fourth-order valence-corrected chi connectivity index (χ4v) is 5.62. The molecule has 0 saturated carbocycles. The molecule has 1 aromatic carbocycles. The monoisotopic (exact) mass is 407 g/mol. The number of thiol groups is 1. The van der Waals surface area contributed by atoms with Gasteiger partial charge in [0.1, 0.15) is 11.8 Å². The van der Waals surface area contributed by atoms with Gasteiger partial charge in [0.15, 0.2) is 0 Å². The number of amides is 1. The van der Waals surface area contributed by atoms with Crippen LogP contribution in [-0.4, -0.2) is 50.1 Å². The van der Waals surface area contributed by atoms with Crippen LogP contribution in [0.4, 0.5) is 0 Å². The number of carbonyl (C=O) groups is 3. The third-order valence-electron chi connectivity index (χ3n) is 5.33. The van der Waals surface area contributed by atoms with Gasteiger partial charge in [0.25, 0.3) is 0 Å². The summed E-state index contributed by atoms with van der Waals surface area (Å²) in [4.78, 5) is 38.9. The molecule has 2 saturated heterocycles. The number of thioether (sulfide) groups is 1. The van der Waals surface area contributed by atoms with Crippen LogP contribution in [0.1, 0.15) is 37.7 Å². The fourth-order valence-electron chi connectivity index (χ4n) is 3.87. The number of piperidine rings is 1. The molecule has 4 atom stereocenters. The normalized spacial score (nSPS) is 26.8. The van der Waals surface area contributed by atoms with Crippen LogP contribution in [0.15, 0.2) is 30.3 Å². The molecular weight excluding hydrogens is 382 g/mol. The Kier molecular flexibility index (Phi) is 6.87. The summed E-state index contributed by atoms with van der Waals surface area (Å²) in [7, 11) is 0. The maximum atomic E-state index is 13.1. The van der Waals surface area contributed by atoms with Gasteiger partial charge < -0.3 is 10.0 Å². The maximum absolute atomic E-state index is 13.1. The SMILES string of the molecule is O=C(C[C@H]1CCS[C@H]2CCCC(C(=O)O)N2C1=O)C(S)Cc1ccccc1. The van der Waals surface area contributed by atoms with Crippen molar-refractivity contribution in [3.63, 3.8) is 0 Å². The topological polar surface area (TPSA) is 74.7 Å². The average Bonchev–Trinajstić information content (AvgIpc) is 2.81. The van der Waals surface area contributed by atoms with Crippen molar-refractivity contribution in [2.45, 2.75) is 55.2 Å². The highest BCUT2D eigenvalue weighted by molar-refractivity contribution is 7.99. The lowest BCUT2D eigenvalue weighted by atomic mass is 9.92. The largest absolute Gasteiger partial charge is 0.480 e. The van der Waals surface area contributed by atoms with Crippen LogP contribution < -0.4 is 0 Å². The van der Waals surface area contributed by atoms with Crippen molar-refractivity contribution in [1.29, 1.82) is 0 Å². The first-order chi connectivity index (χ1) is 13.0. The van der Waals surface area contributed by atoms with Crippen LogP contribution in [0.25, 0.3) is 0 Å². The van der Waals surface area contributed by atoms with E-state index in [0.717, 1.165) is 24.2 Å². The standard InChI is InChI=1S/C20H25NO4S2/c22-16(17(26)11-13-5-2-1-3-6-13)12-14-9-10-27-18-8-4-7-15(20(24)25)21(18)19(14)23/h1-3,5-6,14-15,17-18,26H,4,7-12H2,(H,24,25)/t14-,15?,17?,18+/m1/s1. The Morgan fingerprint density at radius 3 is 2.67 bits per heavy atom. The molecule has 1 N–H and O–H groups in total. The lowest BCUT2D eigenvalue weighted by molar-refractivity contribution is -0.155. The smallest absolute Gasteiger partial charge is 0.326 e. The van der Waals surface area contributed by atoms with Crippen molar-refractivity contribution in [1.82, 2.24) is 4.90 Å². The number of hydrogen-bond acceptors (Lipinski definition) is 5. The molecular formula is C20H25NO4S2. The Labute approximate surface area is 169 Å². The number of aliphatic carboxylic acids is 1. The van der Waals surface area contributed by atoms with Gasteiger partial charge in [0.05, 0.1) is 10.6 Å². The van der Waals surface area contributed by atoms with E-state index in [2.05, 4.69) is 12.6 Å². The first-order valence-corrected chi connectivity index (χ1v) is 10.9. The Balaban J connectivity index is 1.67. The minimum atomic E-state index is -0.947. The zero-order valence-corrected chi connectivity index (χ0v) is 16.8. The predicted molar refractivity (Wildman–Crippen MR) is 109 cm³/mol. The molecule has 2 aliphatic rings. The first-order valence-electron chi connectivity index (χ1n) is 9.38. The van der Waals surface area contributed by atoms with Gasteiger partial charge in [-0.25, -0.2) is 4.79 Å². The summed E-state index contributed by atoms with van der Waals surface area (Å²) in [6.45, 7) is 0. The van der Waals surface area contributed by atoms with Crippen LogP contribution in [-0.2, 0) is 20.8 Å². The van der Waals surface area contributed by atoms with Crippen molar-refractivity contribution in [2.24, 2.45) is 5.92 Å². The molecule has 2 fully saturated rings. The lowest BCUT2D eigenvalue weighted by Crippen LogP contribution is -2.53. The molecule has 5 nitrogen and oxygen atoms in total. The highest BCUT2D eigenvalue weighted by Gasteiger charge is 2.43. The van der Waals surface area contributed by atoms with Crippen LogP contribution in [0, 0.1) is 5.92 Å². The van der Waals surface area contributed by atoms with Crippen molar-refractivity contribution in [2.75, 3.05) is 5.75 Å². The molecule has 0 aromatic heterocycles. The molecule has 27 heavy (non-hydrogen) atoms. The molecule has 1 aromatic rings. The van der Waals surface area contributed by atoms with Gasteiger partial charge in [-0.05, 0) is 43.4 Å². The van der Waals surface area contributed by atoms with Crippen LogP contribution in [0.5, 0.6) is 0 Å². The summed E-state index contributed by atoms with van der Waals surface area (Å²) >= 11 is 6.11. The summed E-state index contributed by atoms with van der Waals surface area (Å²) < 4.78 is 0. The molecule has 1 amide bonds. The van der Waals surface area contributed by atoms with E-state index in [9.17, 15) is 19.5 Å². The van der Waals surface area contributed by atoms with Gasteiger partial charge in [0.2, 0.25) is 5.91 Å². The first kappa shape index (κ1) is 20.3. The Morgan fingerprint density at radius 2 is 1.96 bits per heavy atom. The quantitative estimate of drug-likeness (QED) is 0.709. The second-order valence-corrected chi connectivity index (χ2v) is 9.13. The number of benzene rings is 1. The summed E-state index contributed by atoms with van der Waals surface area (Å²) in [6.07, 6.45) is 3.41. The molecule has 0 aliphatic carbocycles. The molecule has 2 aliphatic heterocycles. The predicted octanol–water partition coefficient (Wildman–Crippen LogP) is 3.03. The minimum Gasteiger partial charge on any atom is -0.480 e.